The fourth-order valence-corrected chi connectivity index (χ4v) is 2.54. The molecule has 0 saturated carbocycles. The molecule has 0 aliphatic carbocycles. The van der Waals surface area contributed by atoms with Crippen LogP contribution in [0.5, 0.6) is 0 Å². The summed E-state index contributed by atoms with van der Waals surface area (Å²) < 4.78 is 0. The number of halogens is 1. The Morgan fingerprint density at radius 3 is 2.83 bits per heavy atom. The van der Waals surface area contributed by atoms with Gasteiger partial charge in [-0.3, -0.25) is 10.1 Å². The maximum atomic E-state index is 10.9. The van der Waals surface area contributed by atoms with Gasteiger partial charge in [0.15, 0.2) is 5.01 Å². The standard InChI is InChI=1S/C11H10ClN3O2S/c12-7-3-6-10-13-14-11(18-10)8-4-1-2-5-9(8)15(16)17/h1-2,4-5H,3,6-7H2. The fraction of sp³-hybridized carbons (Fsp3) is 0.273. The summed E-state index contributed by atoms with van der Waals surface area (Å²) in [7, 11) is 0. The van der Waals surface area contributed by atoms with Crippen LogP contribution in [0.1, 0.15) is 11.4 Å². The first kappa shape index (κ1) is 12.9. The average Bonchev–Trinajstić information content (AvgIpc) is 2.85. The molecule has 0 saturated heterocycles. The van der Waals surface area contributed by atoms with E-state index < -0.39 is 4.92 Å². The van der Waals surface area contributed by atoms with E-state index in [0.717, 1.165) is 17.8 Å². The summed E-state index contributed by atoms with van der Waals surface area (Å²) in [5.74, 6) is 0.570. The Morgan fingerprint density at radius 1 is 1.33 bits per heavy atom. The highest BCUT2D eigenvalue weighted by molar-refractivity contribution is 7.14. The van der Waals surface area contributed by atoms with Crippen LogP contribution in [0.4, 0.5) is 5.69 Å². The van der Waals surface area contributed by atoms with E-state index in [-0.39, 0.29) is 5.69 Å². The number of benzene rings is 1. The largest absolute Gasteiger partial charge is 0.279 e. The van der Waals surface area contributed by atoms with Crippen molar-refractivity contribution >= 4 is 28.6 Å². The van der Waals surface area contributed by atoms with Crippen molar-refractivity contribution in [1.29, 1.82) is 0 Å². The summed E-state index contributed by atoms with van der Waals surface area (Å²) in [4.78, 5) is 10.5. The van der Waals surface area contributed by atoms with E-state index in [4.69, 9.17) is 11.6 Å². The van der Waals surface area contributed by atoms with Gasteiger partial charge in [0.1, 0.15) is 5.01 Å². The lowest BCUT2D eigenvalue weighted by Crippen LogP contribution is -1.90. The van der Waals surface area contributed by atoms with Crippen LogP contribution >= 0.6 is 22.9 Å². The number of nitrogens with zero attached hydrogens (tertiary/aromatic N) is 3. The molecule has 1 aromatic heterocycles. The molecule has 0 aliphatic rings. The number of nitro benzene ring substituents is 1. The molecule has 0 amide bonds. The molecular formula is C11H10ClN3O2S. The Balaban J connectivity index is 2.31. The number of hydrogen-bond donors (Lipinski definition) is 0. The predicted octanol–water partition coefficient (Wildman–Crippen LogP) is 3.28. The number of hydrogen-bond acceptors (Lipinski definition) is 5. The molecular weight excluding hydrogens is 274 g/mol. The van der Waals surface area contributed by atoms with Gasteiger partial charge in [-0.25, -0.2) is 0 Å². The van der Waals surface area contributed by atoms with Crippen LogP contribution in [0.25, 0.3) is 10.6 Å². The minimum absolute atomic E-state index is 0.0533. The highest BCUT2D eigenvalue weighted by Crippen LogP contribution is 2.31. The van der Waals surface area contributed by atoms with Gasteiger partial charge in [0.25, 0.3) is 5.69 Å². The van der Waals surface area contributed by atoms with Crippen LogP contribution in [0, 0.1) is 10.1 Å². The third kappa shape index (κ3) is 2.83. The summed E-state index contributed by atoms with van der Waals surface area (Å²) in [5, 5.41) is 20.4. The van der Waals surface area contributed by atoms with Gasteiger partial charge in [-0.2, -0.15) is 0 Å². The Morgan fingerprint density at radius 2 is 2.11 bits per heavy atom. The van der Waals surface area contributed by atoms with Gasteiger partial charge in [-0.05, 0) is 12.5 Å². The molecule has 5 nitrogen and oxygen atoms in total. The number of aromatic nitrogens is 2. The van der Waals surface area contributed by atoms with Crippen molar-refractivity contribution in [3.63, 3.8) is 0 Å². The number of nitro groups is 1. The molecule has 0 bridgehead atoms. The smallest absolute Gasteiger partial charge is 0.258 e. The van der Waals surface area contributed by atoms with Gasteiger partial charge >= 0.3 is 0 Å². The fourth-order valence-electron chi connectivity index (χ4n) is 1.50. The van der Waals surface area contributed by atoms with Crippen LogP contribution in [0.15, 0.2) is 24.3 Å². The van der Waals surface area contributed by atoms with E-state index in [9.17, 15) is 10.1 Å². The van der Waals surface area contributed by atoms with Crippen LogP contribution in [0.3, 0.4) is 0 Å². The zero-order valence-corrected chi connectivity index (χ0v) is 10.9. The second kappa shape index (κ2) is 5.88. The van der Waals surface area contributed by atoms with Gasteiger partial charge in [-0.1, -0.05) is 23.5 Å². The van der Waals surface area contributed by atoms with Crippen molar-refractivity contribution in [1.82, 2.24) is 10.2 Å². The van der Waals surface area contributed by atoms with Crippen molar-refractivity contribution in [2.24, 2.45) is 0 Å². The number of aryl methyl sites for hydroxylation is 1. The molecule has 0 N–H and O–H groups in total. The lowest BCUT2D eigenvalue weighted by Gasteiger charge is -1.96. The second-order valence-corrected chi connectivity index (χ2v) is 5.01. The Labute approximate surface area is 113 Å². The van der Waals surface area contributed by atoms with Crippen molar-refractivity contribution in [2.75, 3.05) is 5.88 Å². The topological polar surface area (TPSA) is 68.9 Å². The zero-order chi connectivity index (χ0) is 13.0. The monoisotopic (exact) mass is 283 g/mol. The molecule has 7 heteroatoms. The molecule has 0 spiro atoms. The Hall–Kier alpha value is -1.53. The summed E-state index contributed by atoms with van der Waals surface area (Å²) in [5.41, 5.74) is 0.565. The van der Waals surface area contributed by atoms with E-state index in [2.05, 4.69) is 10.2 Å². The first-order valence-electron chi connectivity index (χ1n) is 5.34. The molecule has 1 aromatic carbocycles. The Kier molecular flexibility index (Phi) is 4.22. The van der Waals surface area contributed by atoms with E-state index >= 15 is 0 Å². The normalized spacial score (nSPS) is 10.5. The molecule has 2 aromatic rings. The predicted molar refractivity (Wildman–Crippen MR) is 71.0 cm³/mol. The number of rotatable bonds is 5. The first-order chi connectivity index (χ1) is 8.72. The average molecular weight is 284 g/mol. The lowest BCUT2D eigenvalue weighted by molar-refractivity contribution is -0.384. The van der Waals surface area contributed by atoms with E-state index in [0.29, 0.717) is 16.5 Å². The highest BCUT2D eigenvalue weighted by Gasteiger charge is 2.17. The summed E-state index contributed by atoms with van der Waals surface area (Å²) in [6, 6.07) is 6.54. The van der Waals surface area contributed by atoms with Crippen LogP contribution in [-0.2, 0) is 6.42 Å². The van der Waals surface area contributed by atoms with Gasteiger partial charge < -0.3 is 0 Å². The Bertz CT molecular complexity index is 559. The van der Waals surface area contributed by atoms with Crippen LogP contribution in [-0.4, -0.2) is 21.0 Å². The van der Waals surface area contributed by atoms with Crippen LogP contribution < -0.4 is 0 Å². The lowest BCUT2D eigenvalue weighted by atomic mass is 10.2. The van der Waals surface area contributed by atoms with Crippen molar-refractivity contribution < 1.29 is 4.92 Å². The van der Waals surface area contributed by atoms with Gasteiger partial charge in [0.05, 0.1) is 10.5 Å². The molecule has 0 atom stereocenters. The quantitative estimate of drug-likeness (QED) is 0.480. The third-order valence-electron chi connectivity index (χ3n) is 2.32. The molecule has 94 valence electrons. The highest BCUT2D eigenvalue weighted by atomic mass is 35.5. The van der Waals surface area contributed by atoms with Gasteiger partial charge in [-0.15, -0.1) is 21.8 Å². The van der Waals surface area contributed by atoms with Gasteiger partial charge in [0, 0.05) is 18.4 Å². The number of alkyl halides is 1. The summed E-state index contributed by atoms with van der Waals surface area (Å²) in [6.07, 6.45) is 1.58. The molecule has 0 unspecified atom stereocenters. The SMILES string of the molecule is O=[N+]([O-])c1ccccc1-c1nnc(CCCCl)s1. The van der Waals surface area contributed by atoms with Gasteiger partial charge in [0.2, 0.25) is 0 Å². The van der Waals surface area contributed by atoms with E-state index in [1.54, 1.807) is 18.2 Å². The number of para-hydroxylation sites is 1. The van der Waals surface area contributed by atoms with Crippen molar-refractivity contribution in [2.45, 2.75) is 12.8 Å². The van der Waals surface area contributed by atoms with Crippen LogP contribution in [0.2, 0.25) is 0 Å². The molecule has 0 aliphatic heterocycles. The first-order valence-corrected chi connectivity index (χ1v) is 6.69. The minimum Gasteiger partial charge on any atom is -0.258 e. The second-order valence-electron chi connectivity index (χ2n) is 3.57. The van der Waals surface area contributed by atoms with Crippen molar-refractivity contribution in [3.8, 4) is 10.6 Å². The maximum Gasteiger partial charge on any atom is 0.279 e. The van der Waals surface area contributed by atoms with E-state index in [1.807, 2.05) is 0 Å². The summed E-state index contributed by atoms with van der Waals surface area (Å²) >= 11 is 6.98. The molecule has 0 fully saturated rings. The summed E-state index contributed by atoms with van der Waals surface area (Å²) in [6.45, 7) is 0. The maximum absolute atomic E-state index is 10.9. The zero-order valence-electron chi connectivity index (χ0n) is 9.38. The third-order valence-corrected chi connectivity index (χ3v) is 3.61. The van der Waals surface area contributed by atoms with E-state index in [1.165, 1.54) is 17.4 Å². The minimum atomic E-state index is -0.408. The van der Waals surface area contributed by atoms with Crippen molar-refractivity contribution in [3.05, 3.63) is 39.4 Å². The molecule has 18 heavy (non-hydrogen) atoms. The molecule has 2 rings (SSSR count). The molecule has 1 heterocycles. The molecule has 0 radical (unpaired) electrons.